The molecule has 1 aromatic heterocycles. The van der Waals surface area contributed by atoms with Gasteiger partial charge in [0.1, 0.15) is 14.9 Å². The van der Waals surface area contributed by atoms with Gasteiger partial charge in [-0.25, -0.2) is 4.79 Å². The van der Waals surface area contributed by atoms with Crippen LogP contribution in [-0.2, 0) is 9.53 Å². The lowest BCUT2D eigenvalue weighted by atomic mass is 9.99. The summed E-state index contributed by atoms with van der Waals surface area (Å²) in [6.07, 6.45) is 2.28. The van der Waals surface area contributed by atoms with E-state index < -0.39 is 5.97 Å². The Morgan fingerprint density at radius 3 is 2.52 bits per heavy atom. The molecule has 1 fully saturated rings. The average Bonchev–Trinajstić information content (AvgIpc) is 3.00. The number of hydrogen-bond acceptors (Lipinski definition) is 4. The van der Waals surface area contributed by atoms with Gasteiger partial charge in [-0.1, -0.05) is 48.4 Å². The highest BCUT2D eigenvalue weighted by Gasteiger charge is 2.28. The van der Waals surface area contributed by atoms with Crippen molar-refractivity contribution >= 4 is 39.8 Å². The van der Waals surface area contributed by atoms with Crippen LogP contribution in [0.15, 0.2) is 24.3 Å². The number of aryl methyl sites for hydroxylation is 1. The van der Waals surface area contributed by atoms with Crippen molar-refractivity contribution in [1.29, 1.82) is 0 Å². The molecule has 0 spiro atoms. The molecule has 0 atom stereocenters. The van der Waals surface area contributed by atoms with Crippen molar-refractivity contribution in [2.45, 2.75) is 33.6 Å². The molecule has 2 heterocycles. The molecule has 5 nitrogen and oxygen atoms in total. The highest BCUT2D eigenvalue weighted by atomic mass is 35.5. The van der Waals surface area contributed by atoms with E-state index in [9.17, 15) is 9.59 Å². The first-order valence-corrected chi connectivity index (χ1v) is 11.3. The van der Waals surface area contributed by atoms with E-state index in [1.807, 2.05) is 31.2 Å². The van der Waals surface area contributed by atoms with Gasteiger partial charge < -0.3 is 15.0 Å². The SMILES string of the molecule is CCOC(=O)c1c(NC(=O)C[NH+]2CCC(C)CC2)sc(Cl)c1-c1ccc(C)cc1. The fourth-order valence-electron chi connectivity index (χ4n) is 3.61. The smallest absolute Gasteiger partial charge is 0.341 e. The molecule has 1 aromatic carbocycles. The first kappa shape index (κ1) is 21.8. The summed E-state index contributed by atoms with van der Waals surface area (Å²) in [4.78, 5) is 26.7. The number of esters is 1. The zero-order chi connectivity index (χ0) is 21.0. The highest BCUT2D eigenvalue weighted by Crippen LogP contribution is 2.44. The third kappa shape index (κ3) is 5.38. The number of piperidine rings is 1. The molecule has 1 aliphatic rings. The number of carbonyl (C=O) groups is 2. The van der Waals surface area contributed by atoms with Gasteiger partial charge >= 0.3 is 5.97 Å². The topological polar surface area (TPSA) is 59.8 Å². The number of quaternary nitrogens is 1. The lowest BCUT2D eigenvalue weighted by Gasteiger charge is -2.26. The normalized spacial score (nSPS) is 19.0. The van der Waals surface area contributed by atoms with Gasteiger partial charge in [0, 0.05) is 5.56 Å². The molecule has 1 aliphatic heterocycles. The largest absolute Gasteiger partial charge is 0.462 e. The van der Waals surface area contributed by atoms with E-state index in [4.69, 9.17) is 16.3 Å². The molecule has 3 rings (SSSR count). The maximum atomic E-state index is 12.7. The first-order valence-electron chi connectivity index (χ1n) is 10.1. The van der Waals surface area contributed by atoms with Gasteiger partial charge in [0.2, 0.25) is 0 Å². The van der Waals surface area contributed by atoms with E-state index in [0.717, 1.165) is 43.0 Å². The first-order chi connectivity index (χ1) is 13.9. The molecule has 0 saturated carbocycles. The molecular formula is C22H28ClN2O3S+. The average molecular weight is 436 g/mol. The Morgan fingerprint density at radius 1 is 1.24 bits per heavy atom. The molecule has 156 valence electrons. The standard InChI is InChI=1S/C22H27ClN2O3S/c1-4-28-22(27)19-18(16-7-5-14(2)6-8-16)20(23)29-21(19)24-17(26)13-25-11-9-15(3)10-12-25/h5-8,15H,4,9-13H2,1-3H3,(H,24,26)/p+1. The molecule has 1 saturated heterocycles. The van der Waals surface area contributed by atoms with Crippen LogP contribution >= 0.6 is 22.9 Å². The van der Waals surface area contributed by atoms with Gasteiger partial charge in [-0.3, -0.25) is 4.79 Å². The minimum atomic E-state index is -0.472. The molecule has 0 aliphatic carbocycles. The number of anilines is 1. The summed E-state index contributed by atoms with van der Waals surface area (Å²) in [5.41, 5.74) is 2.90. The number of thiophene rings is 1. The van der Waals surface area contributed by atoms with Crippen molar-refractivity contribution in [3.8, 4) is 11.1 Å². The Balaban J connectivity index is 1.85. The van der Waals surface area contributed by atoms with Crippen LogP contribution in [0, 0.1) is 12.8 Å². The van der Waals surface area contributed by atoms with Gasteiger partial charge in [0.15, 0.2) is 6.54 Å². The summed E-state index contributed by atoms with van der Waals surface area (Å²) in [5.74, 6) is 0.152. The number of halogens is 1. The minimum absolute atomic E-state index is 0.103. The van der Waals surface area contributed by atoms with Crippen molar-refractivity contribution in [1.82, 2.24) is 0 Å². The number of amides is 1. The Morgan fingerprint density at radius 2 is 1.90 bits per heavy atom. The van der Waals surface area contributed by atoms with Crippen molar-refractivity contribution < 1.29 is 19.2 Å². The van der Waals surface area contributed by atoms with Crippen LogP contribution in [0.5, 0.6) is 0 Å². The summed E-state index contributed by atoms with van der Waals surface area (Å²) in [6.45, 7) is 8.66. The molecule has 0 bridgehead atoms. The Hall–Kier alpha value is -1.89. The van der Waals surface area contributed by atoms with E-state index in [-0.39, 0.29) is 12.5 Å². The predicted molar refractivity (Wildman–Crippen MR) is 118 cm³/mol. The molecule has 0 radical (unpaired) electrons. The zero-order valence-corrected chi connectivity index (χ0v) is 18.7. The molecule has 7 heteroatoms. The number of likely N-dealkylation sites (tertiary alicyclic amines) is 1. The van der Waals surface area contributed by atoms with Crippen molar-refractivity contribution in [2.24, 2.45) is 5.92 Å². The van der Waals surface area contributed by atoms with Crippen LogP contribution in [0.4, 0.5) is 5.00 Å². The summed E-state index contributed by atoms with van der Waals surface area (Å²) >= 11 is 7.72. The van der Waals surface area contributed by atoms with Gasteiger partial charge in [-0.2, -0.15) is 0 Å². The van der Waals surface area contributed by atoms with Crippen molar-refractivity contribution in [2.75, 3.05) is 31.6 Å². The van der Waals surface area contributed by atoms with Gasteiger partial charge in [0.25, 0.3) is 5.91 Å². The number of ether oxygens (including phenoxy) is 1. The second-order valence-corrected chi connectivity index (χ2v) is 9.32. The van der Waals surface area contributed by atoms with Crippen LogP contribution in [0.25, 0.3) is 11.1 Å². The Bertz CT molecular complexity index is 871. The second kappa shape index (κ2) is 9.74. The maximum absolute atomic E-state index is 12.7. The number of rotatable bonds is 6. The maximum Gasteiger partial charge on any atom is 0.341 e. The van der Waals surface area contributed by atoms with Crippen LogP contribution in [0.3, 0.4) is 0 Å². The zero-order valence-electron chi connectivity index (χ0n) is 17.1. The Kier molecular flexibility index (Phi) is 7.33. The van der Waals surface area contributed by atoms with Gasteiger partial charge in [0.05, 0.1) is 19.7 Å². The van der Waals surface area contributed by atoms with E-state index in [1.165, 1.54) is 16.2 Å². The summed E-state index contributed by atoms with van der Waals surface area (Å²) in [5, 5.41) is 3.38. The number of benzene rings is 1. The van der Waals surface area contributed by atoms with E-state index in [0.29, 0.717) is 27.0 Å². The molecule has 29 heavy (non-hydrogen) atoms. The van der Waals surface area contributed by atoms with Gasteiger partial charge in [-0.15, -0.1) is 11.3 Å². The monoisotopic (exact) mass is 435 g/mol. The molecule has 0 unspecified atom stereocenters. The van der Waals surface area contributed by atoms with E-state index in [2.05, 4.69) is 12.2 Å². The third-order valence-electron chi connectivity index (χ3n) is 5.33. The van der Waals surface area contributed by atoms with Crippen molar-refractivity contribution in [3.05, 3.63) is 39.7 Å². The van der Waals surface area contributed by atoms with E-state index in [1.54, 1.807) is 6.92 Å². The number of nitrogens with one attached hydrogen (secondary N) is 2. The lowest BCUT2D eigenvalue weighted by molar-refractivity contribution is -0.897. The van der Waals surface area contributed by atoms with E-state index >= 15 is 0 Å². The quantitative estimate of drug-likeness (QED) is 0.678. The fourth-order valence-corrected chi connectivity index (χ4v) is 5.00. The van der Waals surface area contributed by atoms with Crippen LogP contribution in [0.1, 0.15) is 42.6 Å². The van der Waals surface area contributed by atoms with Crippen molar-refractivity contribution in [3.63, 3.8) is 0 Å². The van der Waals surface area contributed by atoms with Crippen LogP contribution < -0.4 is 10.2 Å². The number of carbonyl (C=O) groups excluding carboxylic acids is 2. The fraction of sp³-hybridized carbons (Fsp3) is 0.455. The molecule has 2 aromatic rings. The van der Waals surface area contributed by atoms with Gasteiger partial charge in [-0.05, 0) is 38.2 Å². The molecule has 2 N–H and O–H groups in total. The van der Waals surface area contributed by atoms with Crippen LogP contribution in [0.2, 0.25) is 4.34 Å². The number of hydrogen-bond donors (Lipinski definition) is 2. The summed E-state index contributed by atoms with van der Waals surface area (Å²) in [6, 6.07) is 7.79. The highest BCUT2D eigenvalue weighted by molar-refractivity contribution is 7.21. The summed E-state index contributed by atoms with van der Waals surface area (Å²) < 4.78 is 5.73. The predicted octanol–water partition coefficient (Wildman–Crippen LogP) is 3.81. The lowest BCUT2D eigenvalue weighted by Crippen LogP contribution is -3.14. The Labute approximate surface area is 181 Å². The second-order valence-electron chi connectivity index (χ2n) is 7.70. The third-order valence-corrected chi connectivity index (χ3v) is 6.64. The summed E-state index contributed by atoms with van der Waals surface area (Å²) in [7, 11) is 0. The minimum Gasteiger partial charge on any atom is -0.462 e. The molecule has 1 amide bonds. The van der Waals surface area contributed by atoms with Crippen LogP contribution in [-0.4, -0.2) is 38.1 Å². The molecular weight excluding hydrogens is 408 g/mol.